The number of carbonyl (C=O) groups excluding carboxylic acids is 6. The van der Waals surface area contributed by atoms with E-state index in [1.54, 1.807) is 22.7 Å². The highest BCUT2D eigenvalue weighted by Crippen LogP contribution is 2.23. The highest BCUT2D eigenvalue weighted by molar-refractivity contribution is 7.15. The molecule has 0 bridgehead atoms. The predicted octanol–water partition coefficient (Wildman–Crippen LogP) is -1.01. The number of methoxy groups -OCH3 is 1. The molecule has 3 heterocycles. The molecule has 0 spiro atoms. The molecule has 1 aliphatic heterocycles. The normalized spacial score (nSPS) is 13.2. The average Bonchev–Trinajstić information content (AvgIpc) is 4.14. The number of nitrogens with zero attached hydrogens (tertiary/aromatic N) is 2. The van der Waals surface area contributed by atoms with Gasteiger partial charge in [0, 0.05) is 68.5 Å². The summed E-state index contributed by atoms with van der Waals surface area (Å²) in [6.45, 7) is 6.79. The summed E-state index contributed by atoms with van der Waals surface area (Å²) < 4.78 is 40.3. The van der Waals surface area contributed by atoms with Gasteiger partial charge in [0.25, 0.3) is 11.8 Å². The maximum absolute atomic E-state index is 13.6. The fourth-order valence-corrected chi connectivity index (χ4v) is 8.38. The van der Waals surface area contributed by atoms with Crippen LogP contribution in [0.2, 0.25) is 0 Å². The summed E-state index contributed by atoms with van der Waals surface area (Å²) in [6, 6.07) is 2.94. The van der Waals surface area contributed by atoms with Crippen LogP contribution >= 0.6 is 11.3 Å². The molecule has 2 atom stereocenters. The Morgan fingerprint density at radius 1 is 0.684 bits per heavy atom. The zero-order valence-electron chi connectivity index (χ0n) is 45.1. The second-order valence-electron chi connectivity index (χ2n) is 17.9. The molecule has 1 saturated heterocycles. The van der Waals surface area contributed by atoms with Crippen LogP contribution in [0.1, 0.15) is 72.2 Å². The number of hydrogen-bond acceptors (Lipinski definition) is 18. The summed E-state index contributed by atoms with van der Waals surface area (Å²) in [5.41, 5.74) is 11.7. The van der Waals surface area contributed by atoms with E-state index in [2.05, 4.69) is 52.8 Å². The first-order valence-electron chi connectivity index (χ1n) is 26.5. The Kier molecular flexibility index (Phi) is 31.8. The van der Waals surface area contributed by atoms with E-state index < -0.39 is 29.8 Å². The van der Waals surface area contributed by atoms with Gasteiger partial charge >= 0.3 is 0 Å². The number of nitrogens with one attached hydrogen (secondary N) is 11. The summed E-state index contributed by atoms with van der Waals surface area (Å²) in [7, 11) is 1.45. The van der Waals surface area contributed by atoms with Crippen LogP contribution in [0.5, 0.6) is 5.75 Å². The lowest BCUT2D eigenvalue weighted by Gasteiger charge is -2.27. The number of amides is 6. The van der Waals surface area contributed by atoms with Gasteiger partial charge in [0.05, 0.1) is 92.0 Å². The van der Waals surface area contributed by atoms with Crippen LogP contribution in [-0.4, -0.2) is 201 Å². The Balaban J connectivity index is 0.937. The second-order valence-corrected chi connectivity index (χ2v) is 18.7. The molecule has 1 aromatic carbocycles. The first kappa shape index (κ1) is 64.8. The Morgan fingerprint density at radius 2 is 1.24 bits per heavy atom. The van der Waals surface area contributed by atoms with Crippen LogP contribution in [0.3, 0.4) is 0 Å². The summed E-state index contributed by atoms with van der Waals surface area (Å²) in [5.74, 6) is -2.41. The molecule has 3 aromatic rings. The largest absolute Gasteiger partial charge is 0.496 e. The van der Waals surface area contributed by atoms with Gasteiger partial charge in [0.1, 0.15) is 23.5 Å². The number of piperidine rings is 1. The Bertz CT molecular complexity index is 2310. The molecule has 0 unspecified atom stereocenters. The van der Waals surface area contributed by atoms with Gasteiger partial charge in [-0.05, 0) is 76.2 Å². The van der Waals surface area contributed by atoms with Gasteiger partial charge in [-0.2, -0.15) is 0 Å². The number of thiazole rings is 1. The number of imidazole rings is 1. The fourth-order valence-electron chi connectivity index (χ4n) is 7.68. The minimum Gasteiger partial charge on any atom is -0.496 e. The zero-order valence-corrected chi connectivity index (χ0v) is 45.9. The number of ether oxygens (including phenoxy) is 7. The third-order valence-corrected chi connectivity index (χ3v) is 12.6. The molecule has 0 radical (unpaired) electrons. The van der Waals surface area contributed by atoms with E-state index in [4.69, 9.17) is 55.4 Å². The van der Waals surface area contributed by atoms with Crippen LogP contribution in [0, 0.1) is 16.7 Å². The third-order valence-electron chi connectivity index (χ3n) is 11.8. The highest BCUT2D eigenvalue weighted by atomic mass is 32.1. The van der Waals surface area contributed by atoms with Crippen LogP contribution < -0.4 is 64.1 Å². The number of guanidine groups is 2. The molecule has 4 rings (SSSR count). The van der Waals surface area contributed by atoms with E-state index >= 15 is 0 Å². The predicted molar refractivity (Wildman–Crippen MR) is 294 cm³/mol. The molecular formula is C50H81N15O13S. The van der Waals surface area contributed by atoms with E-state index in [9.17, 15) is 28.8 Å². The average molecular weight is 1130 g/mol. The van der Waals surface area contributed by atoms with Gasteiger partial charge in [-0.1, -0.05) is 0 Å². The van der Waals surface area contributed by atoms with Crippen molar-refractivity contribution >= 4 is 69.3 Å². The van der Waals surface area contributed by atoms with E-state index in [1.807, 2.05) is 11.6 Å². The molecule has 79 heavy (non-hydrogen) atoms. The topological polar surface area (TPSA) is 392 Å². The number of anilines is 1. The minimum atomic E-state index is -0.930. The molecule has 0 saturated carbocycles. The van der Waals surface area contributed by atoms with Crippen LogP contribution in [0.25, 0.3) is 4.96 Å². The lowest BCUT2D eigenvalue weighted by molar-refractivity contribution is -0.133. The molecule has 28 nitrogen and oxygen atoms in total. The fraction of sp³-hybridized carbons (Fsp3) is 0.620. The molecule has 2 aromatic heterocycles. The highest BCUT2D eigenvalue weighted by Gasteiger charge is 2.29. The van der Waals surface area contributed by atoms with Crippen molar-refractivity contribution in [3.8, 4) is 5.75 Å². The van der Waals surface area contributed by atoms with Crippen LogP contribution in [0.4, 0.5) is 5.69 Å². The van der Waals surface area contributed by atoms with Gasteiger partial charge in [-0.25, -0.2) is 4.98 Å². The van der Waals surface area contributed by atoms with Gasteiger partial charge in [0.2, 0.25) is 23.6 Å². The summed E-state index contributed by atoms with van der Waals surface area (Å²) in [5, 5.41) is 42.1. The number of rotatable bonds is 42. The number of benzene rings is 1. The Hall–Kier alpha value is -6.73. The molecule has 6 amide bonds. The van der Waals surface area contributed by atoms with E-state index in [0.717, 1.165) is 0 Å². The van der Waals surface area contributed by atoms with Gasteiger partial charge in [0.15, 0.2) is 16.9 Å². The van der Waals surface area contributed by atoms with E-state index in [0.29, 0.717) is 147 Å². The smallest absolute Gasteiger partial charge is 0.275 e. The number of carbonyl (C=O) groups is 6. The molecule has 29 heteroatoms. The van der Waals surface area contributed by atoms with Crippen molar-refractivity contribution in [2.24, 2.45) is 17.4 Å². The van der Waals surface area contributed by atoms with Crippen molar-refractivity contribution in [2.45, 2.75) is 63.5 Å². The maximum atomic E-state index is 13.6. The van der Waals surface area contributed by atoms with Crippen molar-refractivity contribution in [1.82, 2.24) is 51.9 Å². The van der Waals surface area contributed by atoms with Crippen LogP contribution in [-0.2, 0) is 47.6 Å². The van der Waals surface area contributed by atoms with E-state index in [-0.39, 0.29) is 92.4 Å². The second kappa shape index (κ2) is 38.8. The molecule has 15 N–H and O–H groups in total. The Morgan fingerprint density at radius 3 is 1.82 bits per heavy atom. The lowest BCUT2D eigenvalue weighted by Crippen LogP contribution is -2.55. The SMILES string of the molecule is COc1ccc(NC(=O)c2cn3ccsc3n2)cc1C(=O)NCCCNC(=O)CCOCCOCCOCCOCCOCCOCCNC(=O)[C@H](CCCNC(=N)N)NC(=O)[C@H](CCCNC(=N)N)NC(=O)C1CCNCC1. The third kappa shape index (κ3) is 27.1. The number of fused-ring (bicyclic) bond motifs is 1. The number of nitrogens with two attached hydrogens (primary N) is 2. The number of aromatic nitrogens is 2. The minimum absolute atomic E-state index is 0.176. The first-order chi connectivity index (χ1) is 38.3. The lowest BCUT2D eigenvalue weighted by atomic mass is 9.96. The van der Waals surface area contributed by atoms with Gasteiger partial charge in [-0.15, -0.1) is 11.3 Å². The van der Waals surface area contributed by atoms with Crippen molar-refractivity contribution in [2.75, 3.05) is 138 Å². The summed E-state index contributed by atoms with van der Waals surface area (Å²) in [6.07, 6.45) is 6.78. The maximum Gasteiger partial charge on any atom is 0.275 e. The molecule has 1 aliphatic rings. The molecule has 1 fully saturated rings. The summed E-state index contributed by atoms with van der Waals surface area (Å²) >= 11 is 1.41. The Labute approximate surface area is 463 Å². The molecular weight excluding hydrogens is 1050 g/mol. The monoisotopic (exact) mass is 1130 g/mol. The summed E-state index contributed by atoms with van der Waals surface area (Å²) in [4.78, 5) is 82.9. The number of hydrogen-bond donors (Lipinski definition) is 13. The zero-order chi connectivity index (χ0) is 56.9. The van der Waals surface area contributed by atoms with Crippen molar-refractivity contribution < 1.29 is 61.9 Å². The first-order valence-corrected chi connectivity index (χ1v) is 27.4. The van der Waals surface area contributed by atoms with Crippen molar-refractivity contribution in [3.63, 3.8) is 0 Å². The molecule has 440 valence electrons. The molecule has 0 aliphatic carbocycles. The van der Waals surface area contributed by atoms with E-state index in [1.165, 1.54) is 24.5 Å². The van der Waals surface area contributed by atoms with Gasteiger partial charge < -0.3 is 92.5 Å². The van der Waals surface area contributed by atoms with Crippen molar-refractivity contribution in [1.29, 1.82) is 10.8 Å². The standard InChI is InChI=1S/C50H81N15O13S/c1-72-41-8-7-36(61-47(71)40-34-65-19-32-79-50(65)64-40)33-37(41)44(68)57-15-4-14-56-42(66)11-20-73-22-24-75-26-28-77-30-31-78-29-27-76-25-23-74-21-18-58-45(69)38(5-2-12-59-48(51)52)63-46(70)39(6-3-13-60-49(53)54)62-43(67)35-9-16-55-17-10-35/h7-8,19,32-35,38-39,55H,2-6,9-18,20-31H2,1H3,(H,56,66)(H,57,68)(H,58,69)(H,61,71)(H,62,67)(H,63,70)(H4,51,52,59)(H4,53,54,60)/t38-,39-/m0/s1. The van der Waals surface area contributed by atoms with Crippen LogP contribution in [0.15, 0.2) is 36.0 Å². The quantitative estimate of drug-likeness (QED) is 0.0184. The van der Waals surface area contributed by atoms with Crippen molar-refractivity contribution in [3.05, 3.63) is 47.2 Å². The van der Waals surface area contributed by atoms with Gasteiger partial charge in [-0.3, -0.25) is 44.0 Å².